The predicted molar refractivity (Wildman–Crippen MR) is 109 cm³/mol. The number of carbonyl (C=O) groups excluding carboxylic acids is 1. The van der Waals surface area contributed by atoms with E-state index >= 15 is 0 Å². The molecule has 0 aliphatic carbocycles. The monoisotopic (exact) mass is 383 g/mol. The quantitative estimate of drug-likeness (QED) is 0.730. The van der Waals surface area contributed by atoms with Crippen molar-refractivity contribution in [1.29, 1.82) is 0 Å². The molecule has 0 radical (unpaired) electrons. The van der Waals surface area contributed by atoms with E-state index in [1.54, 1.807) is 26.4 Å². The highest BCUT2D eigenvalue weighted by molar-refractivity contribution is 6.03. The first-order valence-electron chi connectivity index (χ1n) is 9.22. The lowest BCUT2D eigenvalue weighted by Crippen LogP contribution is -2.10. The summed E-state index contributed by atoms with van der Waals surface area (Å²) < 4.78 is 22.2. The topological polar surface area (TPSA) is 66.0 Å². The lowest BCUT2D eigenvalue weighted by atomic mass is 10.1. The van der Waals surface area contributed by atoms with Crippen molar-refractivity contribution in [2.24, 2.45) is 0 Å². The van der Waals surface area contributed by atoms with Gasteiger partial charge in [-0.25, -0.2) is 0 Å². The van der Waals surface area contributed by atoms with Crippen LogP contribution in [0.25, 0.3) is 6.08 Å². The van der Waals surface area contributed by atoms with Crippen LogP contribution in [0.4, 0.5) is 5.69 Å². The molecule has 28 heavy (non-hydrogen) atoms. The smallest absolute Gasteiger partial charge is 0.248 e. The van der Waals surface area contributed by atoms with Gasteiger partial charge >= 0.3 is 0 Å². The van der Waals surface area contributed by atoms with Crippen molar-refractivity contribution in [3.63, 3.8) is 0 Å². The minimum atomic E-state index is -0.281. The zero-order chi connectivity index (χ0) is 20.1. The van der Waals surface area contributed by atoms with Crippen molar-refractivity contribution >= 4 is 17.7 Å². The van der Waals surface area contributed by atoms with E-state index < -0.39 is 0 Å². The highest BCUT2D eigenvalue weighted by atomic mass is 16.5. The number of benzene rings is 2. The van der Waals surface area contributed by atoms with E-state index in [2.05, 4.69) is 5.32 Å². The molecule has 3 rings (SSSR count). The molecular formula is C22H25NO5. The normalized spacial score (nSPS) is 15.1. The number of hydrogen-bond donors (Lipinski definition) is 1. The fourth-order valence-electron chi connectivity index (χ4n) is 3.20. The van der Waals surface area contributed by atoms with Gasteiger partial charge in [-0.15, -0.1) is 0 Å². The zero-order valence-corrected chi connectivity index (χ0v) is 16.6. The SMILES string of the molecule is CCOc1cc2c(cc1NC(=O)C=Cc1cccc(OC)c1OC)OC(C)C2. The second-order valence-electron chi connectivity index (χ2n) is 6.43. The molecule has 0 bridgehead atoms. The van der Waals surface area contributed by atoms with Crippen LogP contribution in [0.3, 0.4) is 0 Å². The first kappa shape index (κ1) is 19.6. The van der Waals surface area contributed by atoms with Gasteiger partial charge in [0, 0.05) is 29.7 Å². The van der Waals surface area contributed by atoms with E-state index in [1.807, 2.05) is 38.1 Å². The second-order valence-corrected chi connectivity index (χ2v) is 6.43. The zero-order valence-electron chi connectivity index (χ0n) is 16.6. The number of carbonyl (C=O) groups is 1. The predicted octanol–water partition coefficient (Wildman–Crippen LogP) is 4.08. The van der Waals surface area contributed by atoms with Crippen molar-refractivity contribution in [2.75, 3.05) is 26.1 Å². The molecule has 0 saturated carbocycles. The molecule has 2 aromatic rings. The van der Waals surface area contributed by atoms with Gasteiger partial charge in [0.15, 0.2) is 11.5 Å². The van der Waals surface area contributed by atoms with Crippen molar-refractivity contribution < 1.29 is 23.7 Å². The summed E-state index contributed by atoms with van der Waals surface area (Å²) in [6.45, 7) is 4.44. The maximum absolute atomic E-state index is 12.5. The van der Waals surface area contributed by atoms with Crippen LogP contribution >= 0.6 is 0 Å². The maximum atomic E-state index is 12.5. The standard InChI is InChI=1S/C22H25NO5/c1-5-27-20-12-16-11-14(2)28-19(16)13-17(20)23-21(24)10-9-15-7-6-8-18(25-3)22(15)26-4/h6-10,12-14H,5,11H2,1-4H3,(H,23,24). The molecule has 148 valence electrons. The molecule has 1 aliphatic heterocycles. The largest absolute Gasteiger partial charge is 0.493 e. The van der Waals surface area contributed by atoms with Gasteiger partial charge in [0.05, 0.1) is 26.5 Å². The Morgan fingerprint density at radius 1 is 1.25 bits per heavy atom. The Balaban J connectivity index is 1.80. The van der Waals surface area contributed by atoms with Gasteiger partial charge in [-0.1, -0.05) is 12.1 Å². The lowest BCUT2D eigenvalue weighted by molar-refractivity contribution is -0.111. The maximum Gasteiger partial charge on any atom is 0.248 e. The van der Waals surface area contributed by atoms with Crippen molar-refractivity contribution in [1.82, 2.24) is 0 Å². The molecule has 0 spiro atoms. The first-order valence-corrected chi connectivity index (χ1v) is 9.22. The number of fused-ring (bicyclic) bond motifs is 1. The van der Waals surface area contributed by atoms with Gasteiger partial charge in [-0.3, -0.25) is 4.79 Å². The summed E-state index contributed by atoms with van der Waals surface area (Å²) in [6, 6.07) is 9.25. The molecule has 2 aromatic carbocycles. The highest BCUT2D eigenvalue weighted by Gasteiger charge is 2.22. The Bertz CT molecular complexity index is 891. The van der Waals surface area contributed by atoms with Crippen LogP contribution in [0.2, 0.25) is 0 Å². The minimum Gasteiger partial charge on any atom is -0.493 e. The van der Waals surface area contributed by atoms with E-state index in [9.17, 15) is 4.79 Å². The lowest BCUT2D eigenvalue weighted by Gasteiger charge is -2.13. The summed E-state index contributed by atoms with van der Waals surface area (Å²) in [5, 5.41) is 2.87. The van der Waals surface area contributed by atoms with Crippen LogP contribution in [0.5, 0.6) is 23.0 Å². The number of amides is 1. The van der Waals surface area contributed by atoms with Crippen LogP contribution in [0.1, 0.15) is 25.0 Å². The van der Waals surface area contributed by atoms with E-state index in [0.717, 1.165) is 23.3 Å². The fourth-order valence-corrected chi connectivity index (χ4v) is 3.20. The van der Waals surface area contributed by atoms with E-state index in [0.29, 0.717) is 29.5 Å². The molecule has 1 atom stereocenters. The van der Waals surface area contributed by atoms with Crippen LogP contribution in [0, 0.1) is 0 Å². The van der Waals surface area contributed by atoms with Crippen molar-refractivity contribution in [3.8, 4) is 23.0 Å². The summed E-state index contributed by atoms with van der Waals surface area (Å²) >= 11 is 0. The van der Waals surface area contributed by atoms with Gasteiger partial charge < -0.3 is 24.3 Å². The molecule has 0 saturated heterocycles. The third-order valence-corrected chi connectivity index (χ3v) is 4.40. The molecular weight excluding hydrogens is 358 g/mol. The van der Waals surface area contributed by atoms with Gasteiger partial charge in [-0.05, 0) is 32.1 Å². The Morgan fingerprint density at radius 2 is 2.07 bits per heavy atom. The van der Waals surface area contributed by atoms with Crippen LogP contribution in [-0.2, 0) is 11.2 Å². The molecule has 6 nitrogen and oxygen atoms in total. The molecule has 1 heterocycles. The fraction of sp³-hybridized carbons (Fsp3) is 0.318. The number of methoxy groups -OCH3 is 2. The average molecular weight is 383 g/mol. The van der Waals surface area contributed by atoms with Gasteiger partial charge in [0.1, 0.15) is 17.6 Å². The molecule has 1 amide bonds. The summed E-state index contributed by atoms with van der Waals surface area (Å²) in [5.41, 5.74) is 2.42. The van der Waals surface area contributed by atoms with E-state index in [1.165, 1.54) is 6.08 Å². The Hall–Kier alpha value is -3.15. The second kappa shape index (κ2) is 8.69. The van der Waals surface area contributed by atoms with E-state index in [4.69, 9.17) is 18.9 Å². The summed E-state index contributed by atoms with van der Waals surface area (Å²) in [5.74, 6) is 2.32. The molecule has 6 heteroatoms. The van der Waals surface area contributed by atoms with Crippen molar-refractivity contribution in [3.05, 3.63) is 47.5 Å². The van der Waals surface area contributed by atoms with Crippen molar-refractivity contribution in [2.45, 2.75) is 26.4 Å². The number of para-hydroxylation sites is 1. The summed E-state index contributed by atoms with van der Waals surface area (Å²) in [4.78, 5) is 12.5. The van der Waals surface area contributed by atoms with Gasteiger partial charge in [0.25, 0.3) is 0 Å². The van der Waals surface area contributed by atoms with Crippen LogP contribution < -0.4 is 24.3 Å². The summed E-state index contributed by atoms with van der Waals surface area (Å²) in [6.07, 6.45) is 4.09. The number of hydrogen-bond acceptors (Lipinski definition) is 5. The van der Waals surface area contributed by atoms with Gasteiger partial charge in [0.2, 0.25) is 5.91 Å². The molecule has 0 fully saturated rings. The summed E-state index contributed by atoms with van der Waals surface area (Å²) in [7, 11) is 3.14. The van der Waals surface area contributed by atoms with Crippen LogP contribution in [-0.4, -0.2) is 32.8 Å². The Kier molecular flexibility index (Phi) is 6.09. The third-order valence-electron chi connectivity index (χ3n) is 4.40. The van der Waals surface area contributed by atoms with E-state index in [-0.39, 0.29) is 12.0 Å². The Labute approximate surface area is 165 Å². The molecule has 1 N–H and O–H groups in total. The number of rotatable bonds is 7. The highest BCUT2D eigenvalue weighted by Crippen LogP contribution is 2.38. The third kappa shape index (κ3) is 4.22. The molecule has 1 unspecified atom stereocenters. The molecule has 1 aliphatic rings. The Morgan fingerprint density at radius 3 is 2.79 bits per heavy atom. The molecule has 0 aromatic heterocycles. The minimum absolute atomic E-state index is 0.121. The van der Waals surface area contributed by atoms with Gasteiger partial charge in [-0.2, -0.15) is 0 Å². The average Bonchev–Trinajstić information content (AvgIpc) is 3.05. The first-order chi connectivity index (χ1) is 13.5. The number of nitrogens with one attached hydrogen (secondary N) is 1. The number of ether oxygens (including phenoxy) is 4. The number of anilines is 1. The van der Waals surface area contributed by atoms with Crippen LogP contribution in [0.15, 0.2) is 36.4 Å².